The van der Waals surface area contributed by atoms with E-state index in [1.807, 2.05) is 18.2 Å². The monoisotopic (exact) mass is 789 g/mol. The molecule has 0 fully saturated rings. The number of hydrogen-bond acceptors (Lipinski definition) is 3. The molecule has 288 valence electrons. The van der Waals surface area contributed by atoms with E-state index in [0.717, 1.165) is 55.3 Å². The van der Waals surface area contributed by atoms with Gasteiger partial charge in [-0.3, -0.25) is 0 Å². The molecule has 10 aromatic carbocycles. The van der Waals surface area contributed by atoms with Gasteiger partial charge >= 0.3 is 0 Å². The summed E-state index contributed by atoms with van der Waals surface area (Å²) in [5, 5.41) is 12.0. The average molecular weight is 790 g/mol. The molecule has 3 heterocycles. The van der Waals surface area contributed by atoms with Crippen molar-refractivity contribution in [3.63, 3.8) is 0 Å². The molecule has 0 spiro atoms. The summed E-state index contributed by atoms with van der Waals surface area (Å²) < 4.78 is 4.92. The first kappa shape index (κ1) is 34.5. The van der Waals surface area contributed by atoms with Crippen LogP contribution in [0, 0.1) is 0 Å². The molecule has 5 heteroatoms. The maximum absolute atomic E-state index is 5.14. The number of rotatable bonds is 5. The number of hydrogen-bond donors (Lipinski definition) is 0. The molecule has 0 aliphatic carbocycles. The van der Waals surface area contributed by atoms with Gasteiger partial charge in [-0.1, -0.05) is 164 Å². The quantitative estimate of drug-likeness (QED) is 0.174. The Balaban J connectivity index is 1.03. The van der Waals surface area contributed by atoms with Crippen molar-refractivity contribution < 1.29 is 0 Å². The van der Waals surface area contributed by atoms with Gasteiger partial charge in [-0.05, 0) is 75.5 Å². The maximum atomic E-state index is 5.14. The lowest BCUT2D eigenvalue weighted by Gasteiger charge is -2.13. The minimum atomic E-state index is 0.634. The second kappa shape index (κ2) is 13.6. The summed E-state index contributed by atoms with van der Waals surface area (Å²) in [5.41, 5.74) is 9.81. The number of nitrogens with zero attached hydrogens (tertiary/aromatic N) is 5. The lowest BCUT2D eigenvalue weighted by atomic mass is 10.0. The van der Waals surface area contributed by atoms with E-state index in [4.69, 9.17) is 15.0 Å². The van der Waals surface area contributed by atoms with Crippen LogP contribution in [0.3, 0.4) is 0 Å². The van der Waals surface area contributed by atoms with Gasteiger partial charge in [0.2, 0.25) is 0 Å². The van der Waals surface area contributed by atoms with Crippen molar-refractivity contribution in [2.45, 2.75) is 0 Å². The summed E-state index contributed by atoms with van der Waals surface area (Å²) in [6, 6.07) is 75.7. The molecule has 0 saturated carbocycles. The zero-order valence-corrected chi connectivity index (χ0v) is 33.4. The second-order valence-electron chi connectivity index (χ2n) is 16.0. The van der Waals surface area contributed by atoms with Gasteiger partial charge in [-0.15, -0.1) is 0 Å². The summed E-state index contributed by atoms with van der Waals surface area (Å²) in [4.78, 5) is 15.3. The Kier molecular flexibility index (Phi) is 7.54. The summed E-state index contributed by atoms with van der Waals surface area (Å²) in [7, 11) is 0. The third kappa shape index (κ3) is 5.25. The van der Waals surface area contributed by atoms with Crippen molar-refractivity contribution in [3.05, 3.63) is 212 Å². The van der Waals surface area contributed by atoms with Crippen LogP contribution in [0.1, 0.15) is 0 Å². The van der Waals surface area contributed by atoms with E-state index >= 15 is 0 Å². The first-order valence-electron chi connectivity index (χ1n) is 21.0. The van der Waals surface area contributed by atoms with E-state index in [-0.39, 0.29) is 0 Å². The van der Waals surface area contributed by atoms with Crippen molar-refractivity contribution >= 4 is 75.9 Å². The Morgan fingerprint density at radius 1 is 0.290 bits per heavy atom. The molecular formula is C57H35N5. The normalized spacial score (nSPS) is 11.9. The van der Waals surface area contributed by atoms with Crippen LogP contribution < -0.4 is 0 Å². The molecule has 13 rings (SSSR count). The molecule has 13 aromatic rings. The predicted molar refractivity (Wildman–Crippen MR) is 257 cm³/mol. The third-order valence-corrected chi connectivity index (χ3v) is 12.5. The van der Waals surface area contributed by atoms with Gasteiger partial charge in [0.05, 0.1) is 27.8 Å². The standard InChI is InChI=1S/C57H35N5/c1-3-16-38(17-4-1)55-58-56(41-27-26-36-14-7-8-18-39(36)34-41)60-57(59-55)42-28-30-44-40(35-42)19-13-25-48(44)62-49-24-12-11-23-46(49)53-51(62)33-31-47-52-45-22-10-9-15-37(45)29-32-50(52)61(54(47)53)43-20-5-2-6-21-43/h1-35H. The van der Waals surface area contributed by atoms with Crippen LogP contribution in [0.15, 0.2) is 212 Å². The van der Waals surface area contributed by atoms with Gasteiger partial charge < -0.3 is 9.13 Å². The highest BCUT2D eigenvalue weighted by molar-refractivity contribution is 6.30. The van der Waals surface area contributed by atoms with Crippen LogP contribution in [0.4, 0.5) is 0 Å². The lowest BCUT2D eigenvalue weighted by Crippen LogP contribution is -2.00. The molecule has 0 bridgehead atoms. The van der Waals surface area contributed by atoms with E-state index in [1.165, 1.54) is 48.7 Å². The van der Waals surface area contributed by atoms with E-state index in [1.54, 1.807) is 0 Å². The first-order chi connectivity index (χ1) is 30.7. The largest absolute Gasteiger partial charge is 0.309 e. The molecule has 3 aromatic heterocycles. The summed E-state index contributed by atoms with van der Waals surface area (Å²) in [6.07, 6.45) is 0. The molecule has 0 atom stereocenters. The maximum Gasteiger partial charge on any atom is 0.164 e. The highest BCUT2D eigenvalue weighted by atomic mass is 15.0. The van der Waals surface area contributed by atoms with Crippen molar-refractivity contribution in [2.24, 2.45) is 0 Å². The molecule has 62 heavy (non-hydrogen) atoms. The fourth-order valence-electron chi connectivity index (χ4n) is 9.71. The number of fused-ring (bicyclic) bond motifs is 11. The molecular weight excluding hydrogens is 755 g/mol. The Hall–Kier alpha value is -8.41. The minimum absolute atomic E-state index is 0.634. The Bertz CT molecular complexity index is 3920. The number of benzene rings is 10. The Morgan fingerprint density at radius 2 is 0.855 bits per heavy atom. The number of aromatic nitrogens is 5. The predicted octanol–water partition coefficient (Wildman–Crippen LogP) is 14.5. The van der Waals surface area contributed by atoms with Crippen molar-refractivity contribution in [1.29, 1.82) is 0 Å². The highest BCUT2D eigenvalue weighted by Crippen LogP contribution is 2.44. The zero-order valence-electron chi connectivity index (χ0n) is 33.4. The van der Waals surface area contributed by atoms with Crippen molar-refractivity contribution in [3.8, 4) is 45.5 Å². The fraction of sp³-hybridized carbons (Fsp3) is 0. The molecule has 0 unspecified atom stereocenters. The van der Waals surface area contributed by atoms with E-state index < -0.39 is 0 Å². The average Bonchev–Trinajstić information content (AvgIpc) is 3.87. The van der Waals surface area contributed by atoms with Crippen LogP contribution in [0.25, 0.3) is 121 Å². The summed E-state index contributed by atoms with van der Waals surface area (Å²) >= 11 is 0. The van der Waals surface area contributed by atoms with Gasteiger partial charge in [0.25, 0.3) is 0 Å². The topological polar surface area (TPSA) is 48.5 Å². The van der Waals surface area contributed by atoms with Crippen LogP contribution >= 0.6 is 0 Å². The van der Waals surface area contributed by atoms with Crippen LogP contribution in [-0.4, -0.2) is 24.1 Å². The summed E-state index contributed by atoms with van der Waals surface area (Å²) in [6.45, 7) is 0. The van der Waals surface area contributed by atoms with Crippen LogP contribution in [-0.2, 0) is 0 Å². The van der Waals surface area contributed by atoms with Crippen molar-refractivity contribution in [1.82, 2.24) is 24.1 Å². The SMILES string of the molecule is c1ccc(-c2nc(-c3ccc4ccccc4c3)nc(-c3ccc4c(-n5c6ccccc6c6c5ccc5c7c8ccccc8ccc7n(-c7ccccc7)c56)cccc4c3)n2)cc1. The first-order valence-corrected chi connectivity index (χ1v) is 21.0. The zero-order chi connectivity index (χ0) is 40.7. The van der Waals surface area contributed by atoms with E-state index in [2.05, 4.69) is 203 Å². The molecule has 0 amide bonds. The number of para-hydroxylation sites is 2. The van der Waals surface area contributed by atoms with Gasteiger partial charge in [0, 0.05) is 49.3 Å². The molecule has 0 radical (unpaired) electrons. The smallest absolute Gasteiger partial charge is 0.164 e. The molecule has 0 aliphatic heterocycles. The summed E-state index contributed by atoms with van der Waals surface area (Å²) in [5.74, 6) is 1.92. The third-order valence-electron chi connectivity index (χ3n) is 12.5. The molecule has 0 aliphatic rings. The molecule has 5 nitrogen and oxygen atoms in total. The van der Waals surface area contributed by atoms with Gasteiger partial charge in [-0.2, -0.15) is 0 Å². The van der Waals surface area contributed by atoms with Gasteiger partial charge in [0.15, 0.2) is 17.5 Å². The highest BCUT2D eigenvalue weighted by Gasteiger charge is 2.23. The molecule has 0 saturated heterocycles. The fourth-order valence-corrected chi connectivity index (χ4v) is 9.71. The van der Waals surface area contributed by atoms with Crippen LogP contribution in [0.2, 0.25) is 0 Å². The second-order valence-corrected chi connectivity index (χ2v) is 16.0. The minimum Gasteiger partial charge on any atom is -0.309 e. The van der Waals surface area contributed by atoms with Gasteiger partial charge in [0.1, 0.15) is 0 Å². The van der Waals surface area contributed by atoms with E-state index in [0.29, 0.717) is 17.5 Å². The van der Waals surface area contributed by atoms with E-state index in [9.17, 15) is 0 Å². The Morgan fingerprint density at radius 3 is 1.66 bits per heavy atom. The molecule has 0 N–H and O–H groups in total. The Labute approximate surface area is 356 Å². The van der Waals surface area contributed by atoms with Crippen LogP contribution in [0.5, 0.6) is 0 Å². The van der Waals surface area contributed by atoms with Gasteiger partial charge in [-0.25, -0.2) is 15.0 Å². The van der Waals surface area contributed by atoms with Crippen molar-refractivity contribution in [2.75, 3.05) is 0 Å². The lowest BCUT2D eigenvalue weighted by molar-refractivity contribution is 1.07.